The third-order valence-electron chi connectivity index (χ3n) is 2.01. The van der Waals surface area contributed by atoms with E-state index in [1.807, 2.05) is 27.7 Å². The van der Waals surface area contributed by atoms with Gasteiger partial charge in [-0.15, -0.1) is 0 Å². The average Bonchev–Trinajstić information content (AvgIpc) is 2.19. The van der Waals surface area contributed by atoms with E-state index in [0.717, 1.165) is 13.1 Å². The topological polar surface area (TPSA) is 70.2 Å². The van der Waals surface area contributed by atoms with Gasteiger partial charge < -0.3 is 16.0 Å². The smallest absolute Gasteiger partial charge is 0.239 e. The van der Waals surface area contributed by atoms with Crippen molar-refractivity contribution in [1.29, 1.82) is 0 Å². The second-order valence-electron chi connectivity index (χ2n) is 5.22. The molecule has 0 heterocycles. The van der Waals surface area contributed by atoms with Crippen LogP contribution in [0.25, 0.3) is 0 Å². The molecule has 100 valence electrons. The number of amides is 2. The number of nitrogens with one attached hydrogen (secondary N) is 3. The summed E-state index contributed by atoms with van der Waals surface area (Å²) in [5.74, 6) is -0.232. The zero-order valence-electron chi connectivity index (χ0n) is 11.4. The summed E-state index contributed by atoms with van der Waals surface area (Å²) >= 11 is 0. The van der Waals surface area contributed by atoms with Gasteiger partial charge in [0.25, 0.3) is 0 Å². The summed E-state index contributed by atoms with van der Waals surface area (Å²) in [6, 6.07) is 0. The van der Waals surface area contributed by atoms with Crippen LogP contribution in [0.1, 0.15) is 34.1 Å². The number of hydrogen-bond acceptors (Lipinski definition) is 3. The number of likely N-dealkylation sites (N-methyl/N-ethyl adjacent to an activating group) is 1. The minimum Gasteiger partial charge on any atom is -0.353 e. The van der Waals surface area contributed by atoms with E-state index >= 15 is 0 Å². The van der Waals surface area contributed by atoms with Gasteiger partial charge in [0.2, 0.25) is 11.8 Å². The first-order chi connectivity index (χ1) is 7.85. The zero-order valence-corrected chi connectivity index (χ0v) is 11.4. The van der Waals surface area contributed by atoms with Gasteiger partial charge in [0.15, 0.2) is 0 Å². The van der Waals surface area contributed by atoms with E-state index in [0.29, 0.717) is 13.0 Å². The van der Waals surface area contributed by atoms with Crippen LogP contribution in [0.3, 0.4) is 0 Å². The number of rotatable bonds is 7. The van der Waals surface area contributed by atoms with Crippen LogP contribution >= 0.6 is 0 Å². The van der Waals surface area contributed by atoms with Gasteiger partial charge in [0.05, 0.1) is 6.54 Å². The highest BCUT2D eigenvalue weighted by atomic mass is 16.2. The molecule has 0 rings (SSSR count). The van der Waals surface area contributed by atoms with E-state index in [2.05, 4.69) is 16.0 Å². The molecule has 0 atom stereocenters. The summed E-state index contributed by atoms with van der Waals surface area (Å²) < 4.78 is 0. The Hall–Kier alpha value is -1.10. The summed E-state index contributed by atoms with van der Waals surface area (Å²) in [6.45, 7) is 10.3. The Bertz CT molecular complexity index is 247. The molecule has 0 fully saturated rings. The van der Waals surface area contributed by atoms with Crippen molar-refractivity contribution in [3.8, 4) is 0 Å². The zero-order chi connectivity index (χ0) is 13.3. The lowest BCUT2D eigenvalue weighted by Gasteiger charge is -2.17. The van der Waals surface area contributed by atoms with Gasteiger partial charge in [0, 0.05) is 19.5 Å². The third-order valence-corrected chi connectivity index (χ3v) is 2.01. The van der Waals surface area contributed by atoms with Crippen molar-refractivity contribution >= 4 is 11.8 Å². The van der Waals surface area contributed by atoms with Crippen molar-refractivity contribution in [3.63, 3.8) is 0 Å². The Morgan fingerprint density at radius 1 is 1.00 bits per heavy atom. The maximum absolute atomic E-state index is 11.4. The van der Waals surface area contributed by atoms with Gasteiger partial charge in [0.1, 0.15) is 0 Å². The first-order valence-electron chi connectivity index (χ1n) is 6.09. The minimum absolute atomic E-state index is 0.0500. The highest BCUT2D eigenvalue weighted by Crippen LogP contribution is 2.17. The molecule has 2 amide bonds. The van der Waals surface area contributed by atoms with E-state index in [1.54, 1.807) is 0 Å². The summed E-state index contributed by atoms with van der Waals surface area (Å²) in [5, 5.41) is 8.43. The fourth-order valence-electron chi connectivity index (χ4n) is 1.25. The quantitative estimate of drug-likeness (QED) is 0.562. The lowest BCUT2D eigenvalue weighted by molar-refractivity contribution is -0.127. The maximum Gasteiger partial charge on any atom is 0.239 e. The second-order valence-corrected chi connectivity index (χ2v) is 5.22. The van der Waals surface area contributed by atoms with Crippen LogP contribution in [-0.2, 0) is 9.59 Å². The van der Waals surface area contributed by atoms with Crippen molar-refractivity contribution in [2.45, 2.75) is 34.1 Å². The molecule has 0 bridgehead atoms. The molecule has 0 radical (unpaired) electrons. The van der Waals surface area contributed by atoms with Crippen molar-refractivity contribution in [2.24, 2.45) is 5.41 Å². The minimum atomic E-state index is -0.148. The molecule has 3 N–H and O–H groups in total. The Kier molecular flexibility index (Phi) is 7.54. The van der Waals surface area contributed by atoms with Crippen LogP contribution in [0.4, 0.5) is 0 Å². The van der Waals surface area contributed by atoms with Gasteiger partial charge in [-0.2, -0.15) is 0 Å². The van der Waals surface area contributed by atoms with Gasteiger partial charge >= 0.3 is 0 Å². The molecule has 0 aromatic heterocycles. The normalized spacial score (nSPS) is 11.1. The Morgan fingerprint density at radius 3 is 2.18 bits per heavy atom. The van der Waals surface area contributed by atoms with Crippen LogP contribution < -0.4 is 16.0 Å². The molecule has 0 aliphatic rings. The molecule has 17 heavy (non-hydrogen) atoms. The SMILES string of the molecule is CCNCCNC(=O)CNC(=O)CC(C)(C)C. The van der Waals surface area contributed by atoms with Gasteiger partial charge in [-0.1, -0.05) is 27.7 Å². The molecule has 0 aliphatic heterocycles. The van der Waals surface area contributed by atoms with Crippen molar-refractivity contribution in [1.82, 2.24) is 16.0 Å². The first kappa shape index (κ1) is 15.9. The van der Waals surface area contributed by atoms with Crippen LogP contribution in [-0.4, -0.2) is 38.0 Å². The molecule has 0 aliphatic carbocycles. The largest absolute Gasteiger partial charge is 0.353 e. The molecule has 0 saturated carbocycles. The Labute approximate surface area is 104 Å². The number of carbonyl (C=O) groups is 2. The third kappa shape index (κ3) is 11.2. The molecule has 0 aromatic carbocycles. The lowest BCUT2D eigenvalue weighted by Crippen LogP contribution is -2.40. The van der Waals surface area contributed by atoms with Gasteiger partial charge in [-0.25, -0.2) is 0 Å². The van der Waals surface area contributed by atoms with E-state index < -0.39 is 0 Å². The van der Waals surface area contributed by atoms with Crippen LogP contribution in [0.15, 0.2) is 0 Å². The predicted molar refractivity (Wildman–Crippen MR) is 68.6 cm³/mol. The monoisotopic (exact) mass is 243 g/mol. The average molecular weight is 243 g/mol. The van der Waals surface area contributed by atoms with Gasteiger partial charge in [-0.05, 0) is 12.0 Å². The molecular formula is C12H25N3O2. The summed E-state index contributed by atoms with van der Waals surface area (Å²) in [6.07, 6.45) is 0.428. The van der Waals surface area contributed by atoms with Crippen molar-refractivity contribution < 1.29 is 9.59 Å². The number of carbonyl (C=O) groups excluding carboxylic acids is 2. The van der Waals surface area contributed by atoms with Crippen molar-refractivity contribution in [3.05, 3.63) is 0 Å². The van der Waals surface area contributed by atoms with Gasteiger partial charge in [-0.3, -0.25) is 9.59 Å². The van der Waals surface area contributed by atoms with Crippen LogP contribution in [0.2, 0.25) is 0 Å². The fourth-order valence-corrected chi connectivity index (χ4v) is 1.25. The highest BCUT2D eigenvalue weighted by Gasteiger charge is 2.16. The summed E-state index contributed by atoms with van der Waals surface area (Å²) in [7, 11) is 0. The molecule has 0 spiro atoms. The predicted octanol–water partition coefficient (Wildman–Crippen LogP) is 0.265. The summed E-state index contributed by atoms with van der Waals surface area (Å²) in [5.41, 5.74) is -0.0500. The summed E-state index contributed by atoms with van der Waals surface area (Å²) in [4.78, 5) is 22.8. The Balaban J connectivity index is 3.59. The molecular weight excluding hydrogens is 218 g/mol. The molecule has 5 nitrogen and oxygen atoms in total. The van der Waals surface area contributed by atoms with E-state index in [9.17, 15) is 9.59 Å². The molecule has 0 unspecified atom stereocenters. The highest BCUT2D eigenvalue weighted by molar-refractivity contribution is 5.84. The first-order valence-corrected chi connectivity index (χ1v) is 6.09. The van der Waals surface area contributed by atoms with Crippen LogP contribution in [0, 0.1) is 5.41 Å². The maximum atomic E-state index is 11.4. The van der Waals surface area contributed by atoms with E-state index in [4.69, 9.17) is 0 Å². The van der Waals surface area contributed by atoms with Crippen LogP contribution in [0.5, 0.6) is 0 Å². The van der Waals surface area contributed by atoms with E-state index in [-0.39, 0.29) is 23.8 Å². The van der Waals surface area contributed by atoms with E-state index in [1.165, 1.54) is 0 Å². The fraction of sp³-hybridized carbons (Fsp3) is 0.833. The molecule has 0 aromatic rings. The second kappa shape index (κ2) is 8.06. The number of hydrogen-bond donors (Lipinski definition) is 3. The van der Waals surface area contributed by atoms with Crippen molar-refractivity contribution in [2.75, 3.05) is 26.2 Å². The Morgan fingerprint density at radius 2 is 1.65 bits per heavy atom. The molecule has 5 heteroatoms. The molecule has 0 saturated heterocycles. The standard InChI is InChI=1S/C12H25N3O2/c1-5-13-6-7-14-11(17)9-15-10(16)8-12(2,3)4/h13H,5-9H2,1-4H3,(H,14,17)(H,15,16). The lowest BCUT2D eigenvalue weighted by atomic mass is 9.92.